The predicted octanol–water partition coefficient (Wildman–Crippen LogP) is 6.38. The van der Waals surface area contributed by atoms with E-state index < -0.39 is 0 Å². The first-order chi connectivity index (χ1) is 13.5. The Hall–Kier alpha value is -2.37. The number of aromatic amines is 1. The first-order valence-electron chi connectivity index (χ1n) is 9.32. The molecule has 5 heteroatoms. The number of aryl methyl sites for hydroxylation is 1. The smallest absolute Gasteiger partial charge is 0.260 e. The molecule has 142 valence electrons. The van der Waals surface area contributed by atoms with Crippen LogP contribution in [0, 0.1) is 6.92 Å². The number of hydrogen-bond acceptors (Lipinski definition) is 4. The van der Waals surface area contributed by atoms with E-state index in [0.717, 1.165) is 21.7 Å². The van der Waals surface area contributed by atoms with Crippen molar-refractivity contribution in [2.75, 3.05) is 0 Å². The van der Waals surface area contributed by atoms with Crippen LogP contribution in [0.2, 0.25) is 0 Å². The zero-order valence-corrected chi connectivity index (χ0v) is 17.8. The van der Waals surface area contributed by atoms with Crippen molar-refractivity contribution in [1.82, 2.24) is 9.97 Å². The lowest BCUT2D eigenvalue weighted by molar-refractivity contribution is 0.867. The van der Waals surface area contributed by atoms with Gasteiger partial charge in [0, 0.05) is 16.7 Å². The summed E-state index contributed by atoms with van der Waals surface area (Å²) in [4.78, 5) is 21.3. The highest BCUT2D eigenvalue weighted by molar-refractivity contribution is 7.98. The van der Waals surface area contributed by atoms with Gasteiger partial charge in [-0.3, -0.25) is 4.79 Å². The number of fused-ring (bicyclic) bond motifs is 1. The third-order valence-corrected chi connectivity index (χ3v) is 6.73. The molecule has 2 heterocycles. The zero-order chi connectivity index (χ0) is 19.7. The lowest BCUT2D eigenvalue weighted by Crippen LogP contribution is -2.08. The Morgan fingerprint density at radius 1 is 1.11 bits per heavy atom. The van der Waals surface area contributed by atoms with E-state index in [1.54, 1.807) is 11.8 Å². The molecule has 0 amide bonds. The van der Waals surface area contributed by atoms with Gasteiger partial charge in [0.15, 0.2) is 5.16 Å². The molecule has 0 aliphatic heterocycles. The molecule has 2 aromatic carbocycles. The Balaban J connectivity index is 1.64. The van der Waals surface area contributed by atoms with Crippen molar-refractivity contribution >= 4 is 33.3 Å². The van der Waals surface area contributed by atoms with E-state index in [0.29, 0.717) is 16.5 Å². The Labute approximate surface area is 172 Å². The first kappa shape index (κ1) is 19.0. The lowest BCUT2D eigenvalue weighted by Gasteiger charge is -2.07. The van der Waals surface area contributed by atoms with Crippen molar-refractivity contribution in [3.05, 3.63) is 81.0 Å². The fourth-order valence-corrected chi connectivity index (χ4v) is 5.12. The van der Waals surface area contributed by atoms with Gasteiger partial charge in [-0.1, -0.05) is 74.1 Å². The minimum Gasteiger partial charge on any atom is -0.301 e. The van der Waals surface area contributed by atoms with E-state index in [1.807, 2.05) is 17.5 Å². The monoisotopic (exact) mass is 406 g/mol. The molecule has 28 heavy (non-hydrogen) atoms. The summed E-state index contributed by atoms with van der Waals surface area (Å²) < 4.78 is 0. The topological polar surface area (TPSA) is 45.8 Å². The number of thiophene rings is 1. The molecule has 0 saturated heterocycles. The van der Waals surface area contributed by atoms with Crippen LogP contribution in [0.25, 0.3) is 21.3 Å². The van der Waals surface area contributed by atoms with Crippen LogP contribution in [0.1, 0.15) is 36.5 Å². The van der Waals surface area contributed by atoms with Crippen LogP contribution in [0.5, 0.6) is 0 Å². The molecule has 0 spiro atoms. The number of thioether (sulfide) groups is 1. The first-order valence-corrected chi connectivity index (χ1v) is 11.2. The highest BCUT2D eigenvalue weighted by atomic mass is 32.2. The Kier molecular flexibility index (Phi) is 5.38. The second-order valence-corrected chi connectivity index (χ2v) is 9.01. The number of nitrogens with one attached hydrogen (secondary N) is 1. The summed E-state index contributed by atoms with van der Waals surface area (Å²) in [6, 6.07) is 16.8. The van der Waals surface area contributed by atoms with Gasteiger partial charge in [0.25, 0.3) is 5.56 Å². The molecule has 1 N–H and O–H groups in total. The molecular weight excluding hydrogens is 384 g/mol. The molecule has 0 unspecified atom stereocenters. The number of benzene rings is 2. The summed E-state index contributed by atoms with van der Waals surface area (Å²) in [5, 5.41) is 3.39. The third kappa shape index (κ3) is 3.77. The van der Waals surface area contributed by atoms with Crippen molar-refractivity contribution in [3.63, 3.8) is 0 Å². The molecule has 0 bridgehead atoms. The minimum absolute atomic E-state index is 0.0681. The van der Waals surface area contributed by atoms with E-state index in [-0.39, 0.29) is 5.56 Å². The Morgan fingerprint density at radius 3 is 2.57 bits per heavy atom. The highest BCUT2D eigenvalue weighted by Crippen LogP contribution is 2.32. The molecule has 4 aromatic rings. The zero-order valence-electron chi connectivity index (χ0n) is 16.2. The van der Waals surface area contributed by atoms with Gasteiger partial charge in [0.2, 0.25) is 0 Å². The van der Waals surface area contributed by atoms with Crippen LogP contribution < -0.4 is 5.56 Å². The Morgan fingerprint density at radius 2 is 1.86 bits per heavy atom. The number of nitrogens with zero attached hydrogens (tertiary/aromatic N) is 1. The summed E-state index contributed by atoms with van der Waals surface area (Å²) in [5.74, 6) is 1.28. The molecule has 0 saturated carbocycles. The molecule has 0 aliphatic rings. The maximum absolute atomic E-state index is 12.8. The summed E-state index contributed by atoms with van der Waals surface area (Å²) in [6.45, 7) is 6.46. The number of hydrogen-bond donors (Lipinski definition) is 1. The number of rotatable bonds is 5. The van der Waals surface area contributed by atoms with E-state index in [9.17, 15) is 4.79 Å². The predicted molar refractivity (Wildman–Crippen MR) is 121 cm³/mol. The average Bonchev–Trinajstić information content (AvgIpc) is 3.12. The van der Waals surface area contributed by atoms with E-state index in [2.05, 4.69) is 62.2 Å². The maximum atomic E-state index is 12.8. The van der Waals surface area contributed by atoms with Gasteiger partial charge in [-0.2, -0.15) is 0 Å². The molecular formula is C23H22N2OS2. The van der Waals surface area contributed by atoms with Gasteiger partial charge in [-0.25, -0.2) is 4.98 Å². The van der Waals surface area contributed by atoms with Gasteiger partial charge < -0.3 is 4.98 Å². The molecule has 2 aromatic heterocycles. The van der Waals surface area contributed by atoms with Crippen LogP contribution in [0.15, 0.2) is 63.9 Å². The molecule has 0 fully saturated rings. The van der Waals surface area contributed by atoms with Crippen molar-refractivity contribution in [1.29, 1.82) is 0 Å². The van der Waals surface area contributed by atoms with Crippen LogP contribution in [-0.4, -0.2) is 9.97 Å². The summed E-state index contributed by atoms with van der Waals surface area (Å²) in [7, 11) is 0. The normalized spacial score (nSPS) is 11.4. The highest BCUT2D eigenvalue weighted by Gasteiger charge is 2.14. The largest absolute Gasteiger partial charge is 0.301 e. The average molecular weight is 407 g/mol. The third-order valence-electron chi connectivity index (χ3n) is 4.94. The Bertz CT molecular complexity index is 1170. The van der Waals surface area contributed by atoms with Gasteiger partial charge in [0.1, 0.15) is 4.83 Å². The van der Waals surface area contributed by atoms with E-state index in [4.69, 9.17) is 4.98 Å². The molecule has 4 rings (SSSR count). The van der Waals surface area contributed by atoms with Gasteiger partial charge in [-0.15, -0.1) is 11.3 Å². The van der Waals surface area contributed by atoms with Crippen LogP contribution in [0.4, 0.5) is 0 Å². The van der Waals surface area contributed by atoms with Crippen molar-refractivity contribution in [3.8, 4) is 11.1 Å². The standard InChI is InChI=1S/C23H22N2OS2/c1-14(2)16-8-10-17(11-9-16)19-13-27-22-20(19)21(26)24-23(25-22)28-12-18-7-5-4-6-15(18)3/h4-11,13-14H,12H2,1-3H3,(H,24,25,26). The van der Waals surface area contributed by atoms with Crippen LogP contribution in [-0.2, 0) is 5.75 Å². The SMILES string of the molecule is Cc1ccccc1CSc1nc2scc(-c3ccc(C(C)C)cc3)c2c(=O)[nH]1. The van der Waals surface area contributed by atoms with Crippen molar-refractivity contribution < 1.29 is 0 Å². The van der Waals surface area contributed by atoms with Crippen LogP contribution in [0.3, 0.4) is 0 Å². The van der Waals surface area contributed by atoms with Gasteiger partial charge in [0.05, 0.1) is 5.39 Å². The molecule has 3 nitrogen and oxygen atoms in total. The van der Waals surface area contributed by atoms with Gasteiger partial charge in [-0.05, 0) is 35.1 Å². The fraction of sp³-hybridized carbons (Fsp3) is 0.217. The van der Waals surface area contributed by atoms with Crippen molar-refractivity contribution in [2.45, 2.75) is 37.6 Å². The number of H-pyrrole nitrogens is 1. The summed E-state index contributed by atoms with van der Waals surface area (Å²) >= 11 is 3.09. The maximum Gasteiger partial charge on any atom is 0.260 e. The molecule has 0 aliphatic carbocycles. The lowest BCUT2D eigenvalue weighted by atomic mass is 9.99. The van der Waals surface area contributed by atoms with Crippen LogP contribution >= 0.6 is 23.1 Å². The summed E-state index contributed by atoms with van der Waals surface area (Å²) in [6.07, 6.45) is 0. The summed E-state index contributed by atoms with van der Waals surface area (Å²) in [5.41, 5.74) is 5.75. The molecule has 0 atom stereocenters. The quantitative estimate of drug-likeness (QED) is 0.309. The second kappa shape index (κ2) is 7.94. The van der Waals surface area contributed by atoms with E-state index >= 15 is 0 Å². The van der Waals surface area contributed by atoms with Gasteiger partial charge >= 0.3 is 0 Å². The second-order valence-electron chi connectivity index (χ2n) is 7.19. The minimum atomic E-state index is -0.0681. The number of aromatic nitrogens is 2. The van der Waals surface area contributed by atoms with E-state index in [1.165, 1.54) is 28.0 Å². The molecule has 0 radical (unpaired) electrons. The fourth-order valence-electron chi connectivity index (χ4n) is 3.18. The van der Waals surface area contributed by atoms with Crippen molar-refractivity contribution in [2.24, 2.45) is 0 Å².